The summed E-state index contributed by atoms with van der Waals surface area (Å²) in [5.41, 5.74) is 2.40. The van der Waals surface area contributed by atoms with E-state index in [1.165, 1.54) is 23.8 Å². The number of nitrogens with one attached hydrogen (secondary N) is 1. The van der Waals surface area contributed by atoms with E-state index in [-0.39, 0.29) is 6.04 Å². The van der Waals surface area contributed by atoms with Gasteiger partial charge in [-0.25, -0.2) is 0 Å². The lowest BCUT2D eigenvalue weighted by molar-refractivity contribution is -0.139. The van der Waals surface area contributed by atoms with Crippen molar-refractivity contribution in [3.05, 3.63) is 36.0 Å². The van der Waals surface area contributed by atoms with Gasteiger partial charge in [-0.15, -0.1) is 0 Å². The van der Waals surface area contributed by atoms with E-state index in [9.17, 15) is 4.79 Å². The summed E-state index contributed by atoms with van der Waals surface area (Å²) in [6, 6.07) is 9.15. The Balaban J connectivity index is 1.54. The molecule has 4 nitrogen and oxygen atoms in total. The minimum atomic E-state index is 0.0975. The molecular weight excluding hydrogens is 298 g/mol. The van der Waals surface area contributed by atoms with E-state index in [0.29, 0.717) is 11.9 Å². The molecule has 24 heavy (non-hydrogen) atoms. The van der Waals surface area contributed by atoms with Crippen LogP contribution in [0.1, 0.15) is 44.6 Å². The zero-order chi connectivity index (χ0) is 16.5. The fraction of sp³-hybridized carbons (Fsp3) is 0.550. The molecule has 0 unspecified atom stereocenters. The number of aromatic nitrogens is 1. The molecule has 1 amide bonds. The van der Waals surface area contributed by atoms with E-state index >= 15 is 0 Å². The van der Waals surface area contributed by atoms with Crippen LogP contribution in [0.5, 0.6) is 0 Å². The number of amides is 1. The maximum Gasteiger partial charge on any atom is 0.240 e. The average Bonchev–Trinajstić information content (AvgIpc) is 3.36. The number of hydrogen-bond acceptors (Lipinski definition) is 2. The Morgan fingerprint density at radius 2 is 2.12 bits per heavy atom. The first-order valence-corrected chi connectivity index (χ1v) is 9.37. The first-order chi connectivity index (χ1) is 11.8. The predicted octanol–water partition coefficient (Wildman–Crippen LogP) is 3.53. The van der Waals surface area contributed by atoms with Crippen LogP contribution in [0.25, 0.3) is 10.9 Å². The molecule has 4 rings (SSSR count). The molecule has 1 atom stereocenters. The van der Waals surface area contributed by atoms with Crippen molar-refractivity contribution in [1.29, 1.82) is 0 Å². The number of benzene rings is 1. The van der Waals surface area contributed by atoms with E-state index in [1.54, 1.807) is 0 Å². The molecule has 0 spiro atoms. The number of rotatable bonds is 5. The monoisotopic (exact) mass is 325 g/mol. The summed E-state index contributed by atoms with van der Waals surface area (Å²) in [5.74, 6) is 0.355. The van der Waals surface area contributed by atoms with Gasteiger partial charge in [0.25, 0.3) is 0 Å². The van der Waals surface area contributed by atoms with Crippen LogP contribution in [0.2, 0.25) is 0 Å². The molecule has 2 aliphatic rings. The third-order valence-electron chi connectivity index (χ3n) is 5.55. The van der Waals surface area contributed by atoms with Crippen LogP contribution >= 0.6 is 0 Å². The van der Waals surface area contributed by atoms with Gasteiger partial charge in [0.05, 0.1) is 6.04 Å². The van der Waals surface area contributed by atoms with Gasteiger partial charge in [-0.05, 0) is 67.9 Å². The van der Waals surface area contributed by atoms with Gasteiger partial charge in [0.2, 0.25) is 5.91 Å². The summed E-state index contributed by atoms with van der Waals surface area (Å²) in [6.07, 6.45) is 7.73. The SMILES string of the molecule is CCN1CCCC[C@@H]1C(=O)N(Cc1ccc2[nH]ccc2c1)C1CC1. The van der Waals surface area contributed by atoms with Crippen molar-refractivity contribution in [2.45, 2.75) is 57.7 Å². The van der Waals surface area contributed by atoms with Crippen molar-refractivity contribution in [3.63, 3.8) is 0 Å². The maximum atomic E-state index is 13.2. The molecule has 1 aliphatic carbocycles. The summed E-state index contributed by atoms with van der Waals surface area (Å²) in [6.45, 7) is 4.97. The van der Waals surface area contributed by atoms with Gasteiger partial charge in [0.1, 0.15) is 0 Å². The highest BCUT2D eigenvalue weighted by molar-refractivity contribution is 5.83. The van der Waals surface area contributed by atoms with Crippen molar-refractivity contribution >= 4 is 16.8 Å². The number of H-pyrrole nitrogens is 1. The number of aromatic amines is 1. The van der Waals surface area contributed by atoms with Crippen LogP contribution in [0, 0.1) is 0 Å². The van der Waals surface area contributed by atoms with Gasteiger partial charge >= 0.3 is 0 Å². The number of nitrogens with zero attached hydrogens (tertiary/aromatic N) is 2. The lowest BCUT2D eigenvalue weighted by Gasteiger charge is -2.37. The van der Waals surface area contributed by atoms with Crippen LogP contribution in [0.15, 0.2) is 30.5 Å². The van der Waals surface area contributed by atoms with Crippen molar-refractivity contribution in [2.24, 2.45) is 0 Å². The van der Waals surface area contributed by atoms with E-state index < -0.39 is 0 Å². The summed E-state index contributed by atoms with van der Waals surface area (Å²) >= 11 is 0. The van der Waals surface area contributed by atoms with E-state index in [2.05, 4.69) is 46.0 Å². The Bertz CT molecular complexity index is 718. The summed E-state index contributed by atoms with van der Waals surface area (Å²) in [7, 11) is 0. The Labute approximate surface area is 143 Å². The Hall–Kier alpha value is -1.81. The van der Waals surface area contributed by atoms with E-state index in [4.69, 9.17) is 0 Å². The number of piperidine rings is 1. The second-order valence-electron chi connectivity index (χ2n) is 7.24. The normalized spacial score (nSPS) is 22.0. The molecule has 1 aliphatic heterocycles. The first kappa shape index (κ1) is 15.7. The van der Waals surface area contributed by atoms with Crippen LogP contribution in [-0.2, 0) is 11.3 Å². The summed E-state index contributed by atoms with van der Waals surface area (Å²) in [5, 5.41) is 1.23. The second-order valence-corrected chi connectivity index (χ2v) is 7.24. The fourth-order valence-corrected chi connectivity index (χ4v) is 4.01. The molecule has 1 saturated heterocycles. The van der Waals surface area contributed by atoms with Gasteiger partial charge in [-0.2, -0.15) is 0 Å². The number of carbonyl (C=O) groups excluding carboxylic acids is 1. The van der Waals surface area contributed by atoms with Crippen LogP contribution in [-0.4, -0.2) is 45.9 Å². The molecule has 1 N–H and O–H groups in total. The summed E-state index contributed by atoms with van der Waals surface area (Å²) < 4.78 is 0. The highest BCUT2D eigenvalue weighted by Crippen LogP contribution is 2.31. The average molecular weight is 325 g/mol. The van der Waals surface area contributed by atoms with Crippen molar-refractivity contribution in [1.82, 2.24) is 14.8 Å². The molecule has 2 heterocycles. The lowest BCUT2D eigenvalue weighted by atomic mass is 10.0. The molecule has 0 bridgehead atoms. The Kier molecular flexibility index (Phi) is 4.31. The Morgan fingerprint density at radius 3 is 2.92 bits per heavy atom. The van der Waals surface area contributed by atoms with Gasteiger partial charge in [-0.1, -0.05) is 19.4 Å². The highest BCUT2D eigenvalue weighted by Gasteiger charge is 2.38. The standard InChI is InChI=1S/C20H27N3O/c1-2-22-12-4-3-5-19(22)20(24)23(17-7-8-17)14-15-6-9-18-16(13-15)10-11-21-18/h6,9-11,13,17,19,21H,2-5,7-8,12,14H2,1H3/t19-/m1/s1. The van der Waals surface area contributed by atoms with Gasteiger partial charge in [0, 0.05) is 24.3 Å². The number of likely N-dealkylation sites (N-methyl/N-ethyl adjacent to an activating group) is 1. The molecule has 2 fully saturated rings. The van der Waals surface area contributed by atoms with E-state index in [0.717, 1.165) is 44.4 Å². The number of carbonyl (C=O) groups is 1. The third-order valence-corrected chi connectivity index (χ3v) is 5.55. The van der Waals surface area contributed by atoms with Crippen molar-refractivity contribution in [3.8, 4) is 0 Å². The minimum absolute atomic E-state index is 0.0975. The topological polar surface area (TPSA) is 39.3 Å². The first-order valence-electron chi connectivity index (χ1n) is 9.37. The van der Waals surface area contributed by atoms with Crippen LogP contribution < -0.4 is 0 Å². The summed E-state index contributed by atoms with van der Waals surface area (Å²) in [4.78, 5) is 21.0. The molecule has 2 aromatic rings. The molecule has 1 aromatic carbocycles. The molecule has 0 radical (unpaired) electrons. The maximum absolute atomic E-state index is 13.2. The minimum Gasteiger partial charge on any atom is -0.361 e. The third kappa shape index (κ3) is 3.07. The highest BCUT2D eigenvalue weighted by atomic mass is 16.2. The van der Waals surface area contributed by atoms with Crippen LogP contribution in [0.3, 0.4) is 0 Å². The van der Waals surface area contributed by atoms with Gasteiger partial charge in [0.15, 0.2) is 0 Å². The van der Waals surface area contributed by atoms with Crippen molar-refractivity contribution < 1.29 is 4.79 Å². The molecular formula is C20H27N3O. The predicted molar refractivity (Wildman–Crippen MR) is 96.8 cm³/mol. The largest absolute Gasteiger partial charge is 0.361 e. The molecule has 128 valence electrons. The zero-order valence-electron chi connectivity index (χ0n) is 14.5. The molecule has 4 heteroatoms. The number of hydrogen-bond donors (Lipinski definition) is 1. The number of likely N-dealkylation sites (tertiary alicyclic amines) is 1. The lowest BCUT2D eigenvalue weighted by Crippen LogP contribution is -2.51. The quantitative estimate of drug-likeness (QED) is 0.913. The Morgan fingerprint density at radius 1 is 1.25 bits per heavy atom. The van der Waals surface area contributed by atoms with E-state index in [1.807, 2.05) is 6.20 Å². The number of fused-ring (bicyclic) bond motifs is 1. The molecule has 1 aromatic heterocycles. The molecule has 1 saturated carbocycles. The second kappa shape index (κ2) is 6.60. The smallest absolute Gasteiger partial charge is 0.240 e. The zero-order valence-corrected chi connectivity index (χ0v) is 14.5. The van der Waals surface area contributed by atoms with Gasteiger partial charge in [-0.3, -0.25) is 9.69 Å². The van der Waals surface area contributed by atoms with Gasteiger partial charge < -0.3 is 9.88 Å². The fourth-order valence-electron chi connectivity index (χ4n) is 4.01. The van der Waals surface area contributed by atoms with Crippen molar-refractivity contribution in [2.75, 3.05) is 13.1 Å². The van der Waals surface area contributed by atoms with Crippen LogP contribution in [0.4, 0.5) is 0 Å².